The highest BCUT2D eigenvalue weighted by molar-refractivity contribution is 7.07. The van der Waals surface area contributed by atoms with Gasteiger partial charge in [0.05, 0.1) is 24.9 Å². The third kappa shape index (κ3) is 3.43. The molecule has 0 radical (unpaired) electrons. The molecular formula is C14H18N4O2S. The fourth-order valence-corrected chi connectivity index (χ4v) is 3.13. The second-order valence-electron chi connectivity index (χ2n) is 5.14. The Kier molecular flexibility index (Phi) is 4.21. The van der Waals surface area contributed by atoms with Crippen molar-refractivity contribution >= 4 is 17.4 Å². The molecule has 0 aromatic carbocycles. The molecule has 1 saturated heterocycles. The first-order valence-electron chi connectivity index (χ1n) is 6.91. The minimum atomic E-state index is -0.0695. The molecule has 2 N–H and O–H groups in total. The average Bonchev–Trinajstić information content (AvgIpc) is 3.17. The summed E-state index contributed by atoms with van der Waals surface area (Å²) in [6.07, 6.45) is 1.66. The zero-order valence-electron chi connectivity index (χ0n) is 11.8. The number of carbonyl (C=O) groups excluding carboxylic acids is 1. The summed E-state index contributed by atoms with van der Waals surface area (Å²) < 4.78 is 5.93. The topological polar surface area (TPSA) is 70.2 Å². The van der Waals surface area contributed by atoms with E-state index >= 15 is 0 Å². The van der Waals surface area contributed by atoms with E-state index in [1.165, 1.54) is 0 Å². The zero-order chi connectivity index (χ0) is 14.7. The molecule has 1 aliphatic rings. The van der Waals surface area contributed by atoms with Gasteiger partial charge in [0.1, 0.15) is 6.10 Å². The molecule has 1 fully saturated rings. The number of amides is 2. The van der Waals surface area contributed by atoms with Crippen LogP contribution in [0.2, 0.25) is 0 Å². The molecule has 2 amide bonds. The number of hydrogen-bond donors (Lipinski definition) is 2. The lowest BCUT2D eigenvalue weighted by atomic mass is 10.1. The lowest BCUT2D eigenvalue weighted by Crippen LogP contribution is -2.49. The largest absolute Gasteiger partial charge is 0.367 e. The van der Waals surface area contributed by atoms with Crippen LogP contribution in [0, 0.1) is 0 Å². The van der Waals surface area contributed by atoms with Crippen LogP contribution in [-0.4, -0.2) is 40.3 Å². The summed E-state index contributed by atoms with van der Waals surface area (Å²) >= 11 is 1.64. The van der Waals surface area contributed by atoms with Crippen molar-refractivity contribution in [2.45, 2.75) is 25.7 Å². The molecule has 2 aromatic heterocycles. The molecule has 6 nitrogen and oxygen atoms in total. The van der Waals surface area contributed by atoms with E-state index in [1.807, 2.05) is 29.3 Å². The fourth-order valence-electron chi connectivity index (χ4n) is 2.43. The van der Waals surface area contributed by atoms with Crippen LogP contribution in [0.25, 0.3) is 0 Å². The van der Waals surface area contributed by atoms with E-state index < -0.39 is 0 Å². The lowest BCUT2D eigenvalue weighted by Gasteiger charge is -2.36. The summed E-state index contributed by atoms with van der Waals surface area (Å²) in [6, 6.07) is 3.82. The number of nitrogens with one attached hydrogen (secondary N) is 2. The monoisotopic (exact) mass is 306 g/mol. The molecule has 7 heteroatoms. The number of carbonyl (C=O) groups is 1. The van der Waals surface area contributed by atoms with Gasteiger partial charge in [0.25, 0.3) is 0 Å². The van der Waals surface area contributed by atoms with Gasteiger partial charge in [-0.3, -0.25) is 5.10 Å². The summed E-state index contributed by atoms with van der Waals surface area (Å²) in [5, 5.41) is 13.7. The van der Waals surface area contributed by atoms with Gasteiger partial charge in [-0.1, -0.05) is 0 Å². The number of aromatic nitrogens is 2. The number of hydrogen-bond acceptors (Lipinski definition) is 4. The zero-order valence-corrected chi connectivity index (χ0v) is 12.6. The summed E-state index contributed by atoms with van der Waals surface area (Å²) in [7, 11) is 0. The molecule has 0 unspecified atom stereocenters. The van der Waals surface area contributed by atoms with Gasteiger partial charge in [0, 0.05) is 12.7 Å². The normalized spacial score (nSPS) is 22.2. The number of urea groups is 1. The Bertz CT molecular complexity index is 570. The molecule has 0 spiro atoms. The third-order valence-electron chi connectivity index (χ3n) is 3.45. The number of H-pyrrole nitrogens is 1. The molecule has 1 aliphatic heterocycles. The van der Waals surface area contributed by atoms with Crippen LogP contribution in [0.4, 0.5) is 4.79 Å². The van der Waals surface area contributed by atoms with Crippen LogP contribution in [-0.2, 0) is 11.3 Å². The van der Waals surface area contributed by atoms with E-state index in [0.29, 0.717) is 19.6 Å². The summed E-state index contributed by atoms with van der Waals surface area (Å²) in [6.45, 7) is 3.63. The number of aromatic amines is 1. The van der Waals surface area contributed by atoms with Crippen LogP contribution in [0.1, 0.15) is 24.3 Å². The Morgan fingerprint density at radius 3 is 3.19 bits per heavy atom. The van der Waals surface area contributed by atoms with Crippen molar-refractivity contribution in [3.63, 3.8) is 0 Å². The van der Waals surface area contributed by atoms with Crippen molar-refractivity contribution in [1.82, 2.24) is 20.4 Å². The van der Waals surface area contributed by atoms with Gasteiger partial charge in [-0.05, 0) is 35.4 Å². The number of morpholine rings is 1. The Morgan fingerprint density at radius 1 is 1.57 bits per heavy atom. The summed E-state index contributed by atoms with van der Waals surface area (Å²) in [5.41, 5.74) is 2.02. The van der Waals surface area contributed by atoms with Gasteiger partial charge in [-0.15, -0.1) is 0 Å². The third-order valence-corrected chi connectivity index (χ3v) is 4.15. The van der Waals surface area contributed by atoms with E-state index in [-0.39, 0.29) is 18.2 Å². The van der Waals surface area contributed by atoms with Crippen molar-refractivity contribution < 1.29 is 9.53 Å². The van der Waals surface area contributed by atoms with Crippen LogP contribution in [0.3, 0.4) is 0 Å². The van der Waals surface area contributed by atoms with Crippen molar-refractivity contribution in [3.05, 3.63) is 40.3 Å². The standard InChI is InChI=1S/C14H18N4O2S/c1-10-7-18(8-13(20-10)11-3-5-21-9-11)14(19)15-6-12-2-4-16-17-12/h2-5,9-10,13H,6-8H2,1H3,(H,15,19)(H,16,17)/t10-,13-/m1/s1. The molecule has 3 heterocycles. The molecule has 21 heavy (non-hydrogen) atoms. The Balaban J connectivity index is 1.60. The number of nitrogens with zero attached hydrogens (tertiary/aromatic N) is 2. The van der Waals surface area contributed by atoms with Gasteiger partial charge in [0.15, 0.2) is 0 Å². The molecule has 0 bridgehead atoms. The van der Waals surface area contributed by atoms with Crippen LogP contribution < -0.4 is 5.32 Å². The van der Waals surface area contributed by atoms with E-state index in [2.05, 4.69) is 20.9 Å². The van der Waals surface area contributed by atoms with Gasteiger partial charge in [-0.2, -0.15) is 16.4 Å². The highest BCUT2D eigenvalue weighted by Crippen LogP contribution is 2.26. The van der Waals surface area contributed by atoms with Gasteiger partial charge in [-0.25, -0.2) is 4.79 Å². The Hall–Kier alpha value is -1.86. The van der Waals surface area contributed by atoms with E-state index in [0.717, 1.165) is 11.3 Å². The molecule has 2 atom stereocenters. The fraction of sp³-hybridized carbons (Fsp3) is 0.429. The smallest absolute Gasteiger partial charge is 0.317 e. The molecule has 3 rings (SSSR count). The van der Waals surface area contributed by atoms with Gasteiger partial charge in [0.2, 0.25) is 0 Å². The van der Waals surface area contributed by atoms with Crippen molar-refractivity contribution in [1.29, 1.82) is 0 Å². The maximum absolute atomic E-state index is 12.3. The molecule has 0 aliphatic carbocycles. The van der Waals surface area contributed by atoms with Crippen LogP contribution in [0.5, 0.6) is 0 Å². The molecule has 0 saturated carbocycles. The maximum Gasteiger partial charge on any atom is 0.317 e. The van der Waals surface area contributed by atoms with Crippen molar-refractivity contribution in [2.24, 2.45) is 0 Å². The lowest BCUT2D eigenvalue weighted by molar-refractivity contribution is -0.0655. The van der Waals surface area contributed by atoms with E-state index in [1.54, 1.807) is 17.5 Å². The minimum absolute atomic E-state index is 0.0292. The minimum Gasteiger partial charge on any atom is -0.367 e. The molecule has 2 aromatic rings. The first kappa shape index (κ1) is 14.1. The second kappa shape index (κ2) is 6.28. The van der Waals surface area contributed by atoms with Gasteiger partial charge < -0.3 is 15.0 Å². The second-order valence-corrected chi connectivity index (χ2v) is 5.92. The molecular weight excluding hydrogens is 288 g/mol. The van der Waals surface area contributed by atoms with Gasteiger partial charge >= 0.3 is 6.03 Å². The predicted octanol–water partition coefficient (Wildman–Crippen LogP) is 2.14. The highest BCUT2D eigenvalue weighted by atomic mass is 32.1. The summed E-state index contributed by atoms with van der Waals surface area (Å²) in [5.74, 6) is 0. The first-order chi connectivity index (χ1) is 10.2. The van der Waals surface area contributed by atoms with E-state index in [4.69, 9.17) is 4.74 Å². The number of thiophene rings is 1. The quantitative estimate of drug-likeness (QED) is 0.913. The highest BCUT2D eigenvalue weighted by Gasteiger charge is 2.29. The molecule has 112 valence electrons. The Labute approximate surface area is 127 Å². The first-order valence-corrected chi connectivity index (χ1v) is 7.85. The Morgan fingerprint density at radius 2 is 2.48 bits per heavy atom. The van der Waals surface area contributed by atoms with Crippen molar-refractivity contribution in [3.8, 4) is 0 Å². The predicted molar refractivity (Wildman–Crippen MR) is 80.0 cm³/mol. The van der Waals surface area contributed by atoms with E-state index in [9.17, 15) is 4.79 Å². The van der Waals surface area contributed by atoms with Crippen LogP contribution >= 0.6 is 11.3 Å². The van der Waals surface area contributed by atoms with Crippen LogP contribution in [0.15, 0.2) is 29.1 Å². The average molecular weight is 306 g/mol. The number of ether oxygens (including phenoxy) is 1. The summed E-state index contributed by atoms with van der Waals surface area (Å²) in [4.78, 5) is 14.1. The van der Waals surface area contributed by atoms with Crippen molar-refractivity contribution in [2.75, 3.05) is 13.1 Å². The maximum atomic E-state index is 12.3. The number of rotatable bonds is 3. The SMILES string of the molecule is C[C@@H]1CN(C(=O)NCc2ccn[nH]2)C[C@H](c2ccsc2)O1.